The van der Waals surface area contributed by atoms with Crippen LogP contribution in [0.15, 0.2) is 24.3 Å². The number of nitrogens with one attached hydrogen (secondary N) is 1. The molecule has 0 aliphatic rings. The van der Waals surface area contributed by atoms with Gasteiger partial charge in [0.1, 0.15) is 6.04 Å². The van der Waals surface area contributed by atoms with E-state index in [1.807, 2.05) is 0 Å². The van der Waals surface area contributed by atoms with Crippen molar-refractivity contribution in [2.75, 3.05) is 13.2 Å². The molecule has 1 N–H and O–H groups in total. The predicted octanol–water partition coefficient (Wildman–Crippen LogP) is 2.45. The highest BCUT2D eigenvalue weighted by Crippen LogP contribution is 2.23. The number of rotatable bonds is 6. The quantitative estimate of drug-likeness (QED) is 0.635. The first kappa shape index (κ1) is 15.1. The Hall–Kier alpha value is -1.93. The molecule has 0 aliphatic heterocycles. The summed E-state index contributed by atoms with van der Waals surface area (Å²) in [6.07, 6.45) is 2.53. The van der Waals surface area contributed by atoms with Gasteiger partial charge in [0.2, 0.25) is 0 Å². The van der Waals surface area contributed by atoms with Crippen molar-refractivity contribution in [1.82, 2.24) is 5.32 Å². The molecule has 1 rings (SSSR count). The van der Waals surface area contributed by atoms with Gasteiger partial charge < -0.3 is 4.74 Å². The first-order chi connectivity index (χ1) is 9.10. The monoisotopic (exact) mass is 267 g/mol. The molecule has 0 bridgehead atoms. The third-order valence-electron chi connectivity index (χ3n) is 2.43. The molecule has 0 fully saturated rings. The number of esters is 1. The largest absolute Gasteiger partial charge is 0.465 e. The molecule has 0 heterocycles. The molecule has 3 nitrogen and oxygen atoms in total. The first-order valence-electron chi connectivity index (χ1n) is 5.81. The van der Waals surface area contributed by atoms with Gasteiger partial charge in [0.05, 0.1) is 13.2 Å². The lowest BCUT2D eigenvalue weighted by Crippen LogP contribution is -2.30. The minimum absolute atomic E-state index is 0.141. The van der Waals surface area contributed by atoms with Crippen molar-refractivity contribution in [3.63, 3.8) is 0 Å². The summed E-state index contributed by atoms with van der Waals surface area (Å²) in [6, 6.07) is 4.79. The number of hydrogen-bond donors (Lipinski definition) is 1. The Bertz CT molecular complexity index is 469. The number of terminal acetylenes is 1. The number of halogens is 2. The van der Waals surface area contributed by atoms with E-state index in [4.69, 9.17) is 11.2 Å². The Morgan fingerprint density at radius 1 is 1.47 bits per heavy atom. The van der Waals surface area contributed by atoms with Crippen LogP contribution in [0.4, 0.5) is 8.78 Å². The van der Waals surface area contributed by atoms with Crippen molar-refractivity contribution in [3.8, 4) is 12.3 Å². The summed E-state index contributed by atoms with van der Waals surface area (Å²) in [4.78, 5) is 11.8. The van der Waals surface area contributed by atoms with Gasteiger partial charge in [-0.2, -0.15) is 0 Å². The van der Waals surface area contributed by atoms with Gasteiger partial charge in [-0.1, -0.05) is 24.1 Å². The molecule has 1 aromatic carbocycles. The Morgan fingerprint density at radius 2 is 2.16 bits per heavy atom. The second-order valence-corrected chi connectivity index (χ2v) is 3.74. The molecule has 0 aliphatic carbocycles. The standard InChI is InChI=1S/C14H15F2NO2/c1-3-8-17-12(14(18)19-4-2)10-6-5-7-11(9-10)13(15)16/h1,5-7,9,12-13,17H,4,8H2,2H3. The van der Waals surface area contributed by atoms with Crippen molar-refractivity contribution in [1.29, 1.82) is 0 Å². The molecule has 0 spiro atoms. The van der Waals surface area contributed by atoms with Gasteiger partial charge in [-0.3, -0.25) is 5.32 Å². The van der Waals surface area contributed by atoms with Crippen LogP contribution >= 0.6 is 0 Å². The van der Waals surface area contributed by atoms with Crippen LogP contribution in [0, 0.1) is 12.3 Å². The lowest BCUT2D eigenvalue weighted by molar-refractivity contribution is -0.145. The van der Waals surface area contributed by atoms with Gasteiger partial charge in [0.15, 0.2) is 0 Å². The van der Waals surface area contributed by atoms with E-state index in [0.29, 0.717) is 5.56 Å². The third kappa shape index (κ3) is 4.34. The zero-order valence-corrected chi connectivity index (χ0v) is 10.5. The van der Waals surface area contributed by atoms with E-state index in [-0.39, 0.29) is 18.7 Å². The minimum Gasteiger partial charge on any atom is -0.465 e. The van der Waals surface area contributed by atoms with E-state index < -0.39 is 18.4 Å². The highest BCUT2D eigenvalue weighted by Gasteiger charge is 2.22. The fourth-order valence-electron chi connectivity index (χ4n) is 1.60. The Kier molecular flexibility index (Phi) is 5.97. The molecule has 1 atom stereocenters. The lowest BCUT2D eigenvalue weighted by atomic mass is 10.0. The minimum atomic E-state index is -2.59. The smallest absolute Gasteiger partial charge is 0.327 e. The number of hydrogen-bond acceptors (Lipinski definition) is 3. The van der Waals surface area contributed by atoms with E-state index in [1.165, 1.54) is 18.2 Å². The maximum absolute atomic E-state index is 12.6. The first-order valence-corrected chi connectivity index (χ1v) is 5.81. The van der Waals surface area contributed by atoms with Crippen LogP contribution in [0.3, 0.4) is 0 Å². The van der Waals surface area contributed by atoms with E-state index in [1.54, 1.807) is 13.0 Å². The molecule has 0 amide bonds. The van der Waals surface area contributed by atoms with Crippen LogP contribution in [0.1, 0.15) is 30.5 Å². The summed E-state index contributed by atoms with van der Waals surface area (Å²) in [7, 11) is 0. The van der Waals surface area contributed by atoms with Gasteiger partial charge in [-0.05, 0) is 18.6 Å². The van der Waals surface area contributed by atoms with Crippen LogP contribution in [0.5, 0.6) is 0 Å². The average Bonchev–Trinajstić information content (AvgIpc) is 2.40. The summed E-state index contributed by atoms with van der Waals surface area (Å²) >= 11 is 0. The van der Waals surface area contributed by atoms with Crippen molar-refractivity contribution in [2.45, 2.75) is 19.4 Å². The molecule has 0 saturated heterocycles. The highest BCUT2D eigenvalue weighted by molar-refractivity contribution is 5.77. The Labute approximate surface area is 111 Å². The van der Waals surface area contributed by atoms with Crippen LogP contribution in [-0.4, -0.2) is 19.1 Å². The molecule has 19 heavy (non-hydrogen) atoms. The van der Waals surface area contributed by atoms with Crippen LogP contribution in [-0.2, 0) is 9.53 Å². The summed E-state index contributed by atoms with van der Waals surface area (Å²) in [5.74, 6) is 1.80. The van der Waals surface area contributed by atoms with E-state index in [9.17, 15) is 13.6 Å². The maximum atomic E-state index is 12.6. The van der Waals surface area contributed by atoms with E-state index >= 15 is 0 Å². The van der Waals surface area contributed by atoms with Gasteiger partial charge in [-0.15, -0.1) is 6.42 Å². The van der Waals surface area contributed by atoms with Gasteiger partial charge in [-0.25, -0.2) is 13.6 Å². The zero-order chi connectivity index (χ0) is 14.3. The number of ether oxygens (including phenoxy) is 1. The number of carbonyl (C=O) groups excluding carboxylic acids is 1. The number of benzene rings is 1. The van der Waals surface area contributed by atoms with Crippen molar-refractivity contribution < 1.29 is 18.3 Å². The van der Waals surface area contributed by atoms with Gasteiger partial charge >= 0.3 is 5.97 Å². The molecular formula is C14H15F2NO2. The molecule has 0 radical (unpaired) electrons. The van der Waals surface area contributed by atoms with E-state index in [2.05, 4.69) is 11.2 Å². The topological polar surface area (TPSA) is 38.3 Å². The van der Waals surface area contributed by atoms with Gasteiger partial charge in [0.25, 0.3) is 6.43 Å². The van der Waals surface area contributed by atoms with E-state index in [0.717, 1.165) is 0 Å². The molecule has 1 unspecified atom stereocenters. The molecule has 0 aromatic heterocycles. The fraction of sp³-hybridized carbons (Fsp3) is 0.357. The van der Waals surface area contributed by atoms with Crippen LogP contribution in [0.25, 0.3) is 0 Å². The molecular weight excluding hydrogens is 252 g/mol. The zero-order valence-electron chi connectivity index (χ0n) is 10.5. The normalized spacial score (nSPS) is 11.9. The summed E-state index contributed by atoms with van der Waals surface area (Å²) in [5, 5.41) is 2.78. The predicted molar refractivity (Wildman–Crippen MR) is 67.6 cm³/mol. The second kappa shape index (κ2) is 7.49. The Morgan fingerprint density at radius 3 is 2.74 bits per heavy atom. The second-order valence-electron chi connectivity index (χ2n) is 3.74. The van der Waals surface area contributed by atoms with Crippen molar-refractivity contribution in [3.05, 3.63) is 35.4 Å². The summed E-state index contributed by atoms with van der Waals surface area (Å²) in [5.41, 5.74) is 0.265. The van der Waals surface area contributed by atoms with Crippen LogP contribution < -0.4 is 5.32 Å². The average molecular weight is 267 g/mol. The molecule has 102 valence electrons. The summed E-state index contributed by atoms with van der Waals surface area (Å²) in [6.45, 7) is 2.02. The van der Waals surface area contributed by atoms with Gasteiger partial charge in [0, 0.05) is 5.56 Å². The third-order valence-corrected chi connectivity index (χ3v) is 2.43. The SMILES string of the molecule is C#CCNC(C(=O)OCC)c1cccc(C(F)F)c1. The maximum Gasteiger partial charge on any atom is 0.327 e. The van der Waals surface area contributed by atoms with Crippen molar-refractivity contribution >= 4 is 5.97 Å². The summed E-state index contributed by atoms with van der Waals surface area (Å²) < 4.78 is 30.2. The molecule has 1 aromatic rings. The van der Waals surface area contributed by atoms with Crippen LogP contribution in [0.2, 0.25) is 0 Å². The molecule has 0 saturated carbocycles. The number of carbonyl (C=O) groups is 1. The fourth-order valence-corrected chi connectivity index (χ4v) is 1.60. The highest BCUT2D eigenvalue weighted by atomic mass is 19.3. The number of alkyl halides is 2. The molecule has 5 heteroatoms. The Balaban J connectivity index is 2.99. The van der Waals surface area contributed by atoms with Crippen molar-refractivity contribution in [2.24, 2.45) is 0 Å². The lowest BCUT2D eigenvalue weighted by Gasteiger charge is -2.17.